The molecule has 0 aliphatic carbocycles. The molecule has 156 valence electrons. The van der Waals surface area contributed by atoms with Gasteiger partial charge in [0, 0.05) is 17.3 Å². The summed E-state index contributed by atoms with van der Waals surface area (Å²) in [5, 5.41) is 16.6. The van der Waals surface area contributed by atoms with Gasteiger partial charge in [0.15, 0.2) is 5.82 Å². The van der Waals surface area contributed by atoms with E-state index in [0.717, 1.165) is 33.5 Å². The van der Waals surface area contributed by atoms with Crippen LogP contribution in [0.1, 0.15) is 34.4 Å². The van der Waals surface area contributed by atoms with Crippen molar-refractivity contribution in [3.8, 4) is 11.1 Å². The molecule has 8 heteroatoms. The molecule has 0 saturated carbocycles. The minimum absolute atomic E-state index is 0.347. The van der Waals surface area contributed by atoms with E-state index in [2.05, 4.69) is 50.9 Å². The fraction of sp³-hybridized carbons (Fsp3) is 0.217. The smallest absolute Gasteiger partial charge is 0.237 e. The molecule has 0 amide bonds. The molecule has 5 rings (SSSR count). The van der Waals surface area contributed by atoms with Crippen molar-refractivity contribution in [2.24, 2.45) is 0 Å². The zero-order chi connectivity index (χ0) is 21.4. The van der Waals surface area contributed by atoms with Gasteiger partial charge in [-0.05, 0) is 48.7 Å². The zero-order valence-corrected chi connectivity index (χ0v) is 17.6. The molecule has 1 unspecified atom stereocenters. The van der Waals surface area contributed by atoms with E-state index < -0.39 is 0 Å². The van der Waals surface area contributed by atoms with Gasteiger partial charge in [-0.1, -0.05) is 47.6 Å². The average Bonchev–Trinajstić information content (AvgIpc) is 3.50. The summed E-state index contributed by atoms with van der Waals surface area (Å²) in [5.41, 5.74) is 6.16. The Balaban J connectivity index is 1.55. The molecule has 0 spiro atoms. The van der Waals surface area contributed by atoms with Gasteiger partial charge in [0.05, 0.1) is 12.2 Å². The summed E-state index contributed by atoms with van der Waals surface area (Å²) in [6.07, 6.45) is 3.19. The van der Waals surface area contributed by atoms with Crippen LogP contribution in [0, 0.1) is 20.8 Å². The third kappa shape index (κ3) is 3.56. The highest BCUT2D eigenvalue weighted by atomic mass is 16.5. The number of tetrazole rings is 1. The maximum Gasteiger partial charge on any atom is 0.237 e. The molecule has 0 saturated heterocycles. The topological polar surface area (TPSA) is 82.1 Å². The highest BCUT2D eigenvalue weighted by molar-refractivity contribution is 5.68. The SMILES string of the molecule is Cc1nnn(Cc2cc(C3OC=CN3c3onc(C)c3C)ccc2-c2ccccc2)n1. The molecule has 31 heavy (non-hydrogen) atoms. The molecule has 1 aliphatic heterocycles. The minimum Gasteiger partial charge on any atom is -0.472 e. The van der Waals surface area contributed by atoms with Gasteiger partial charge >= 0.3 is 0 Å². The van der Waals surface area contributed by atoms with Gasteiger partial charge in [0.1, 0.15) is 6.26 Å². The molecule has 0 bridgehead atoms. The van der Waals surface area contributed by atoms with Crippen molar-refractivity contribution in [1.29, 1.82) is 0 Å². The fourth-order valence-electron chi connectivity index (χ4n) is 3.72. The summed E-state index contributed by atoms with van der Waals surface area (Å²) >= 11 is 0. The number of nitrogens with zero attached hydrogens (tertiary/aromatic N) is 6. The van der Waals surface area contributed by atoms with E-state index in [4.69, 9.17) is 9.26 Å². The van der Waals surface area contributed by atoms with Gasteiger partial charge < -0.3 is 9.26 Å². The van der Waals surface area contributed by atoms with E-state index in [9.17, 15) is 0 Å². The molecule has 8 nitrogen and oxygen atoms in total. The van der Waals surface area contributed by atoms with E-state index in [-0.39, 0.29) is 6.23 Å². The molecule has 0 N–H and O–H groups in total. The van der Waals surface area contributed by atoms with Crippen LogP contribution in [0.5, 0.6) is 0 Å². The van der Waals surface area contributed by atoms with E-state index in [1.807, 2.05) is 50.1 Å². The Kier molecular flexibility index (Phi) is 4.74. The summed E-state index contributed by atoms with van der Waals surface area (Å²) in [6, 6.07) is 16.6. The fourth-order valence-corrected chi connectivity index (χ4v) is 3.72. The molecule has 0 radical (unpaired) electrons. The molecule has 2 aromatic heterocycles. The van der Waals surface area contributed by atoms with Gasteiger partial charge in [-0.2, -0.15) is 4.80 Å². The van der Waals surface area contributed by atoms with Crippen molar-refractivity contribution >= 4 is 5.88 Å². The van der Waals surface area contributed by atoms with E-state index in [0.29, 0.717) is 18.3 Å². The van der Waals surface area contributed by atoms with Gasteiger partial charge in [0.2, 0.25) is 12.1 Å². The molecule has 1 aliphatic rings. The molecular weight excluding hydrogens is 392 g/mol. The number of rotatable bonds is 5. The van der Waals surface area contributed by atoms with Crippen LogP contribution in [0.3, 0.4) is 0 Å². The lowest BCUT2D eigenvalue weighted by atomic mass is 9.96. The first kappa shape index (κ1) is 19.0. The Morgan fingerprint density at radius 3 is 2.58 bits per heavy atom. The Bertz CT molecular complexity index is 1240. The minimum atomic E-state index is -0.347. The largest absolute Gasteiger partial charge is 0.472 e. The Labute approximate surface area is 179 Å². The molecule has 1 atom stereocenters. The van der Waals surface area contributed by atoms with Crippen LogP contribution in [0.2, 0.25) is 0 Å². The molecular formula is C23H22N6O2. The monoisotopic (exact) mass is 414 g/mol. The van der Waals surface area contributed by atoms with E-state index in [1.165, 1.54) is 0 Å². The second kappa shape index (κ2) is 7.71. The standard InChI is InChI=1S/C23H22N6O2/c1-15-16(2)26-31-22(15)28-11-12-30-23(28)19-9-10-21(18-7-5-4-6-8-18)20(13-19)14-29-25-17(3)24-27-29/h4-13,23H,14H2,1-3H3. The van der Waals surface area contributed by atoms with Gasteiger partial charge in [-0.15, -0.1) is 10.2 Å². The summed E-state index contributed by atoms with van der Waals surface area (Å²) in [5.74, 6) is 1.32. The van der Waals surface area contributed by atoms with Crippen LogP contribution in [0.25, 0.3) is 11.1 Å². The average molecular weight is 414 g/mol. The van der Waals surface area contributed by atoms with Gasteiger partial charge in [-0.25, -0.2) is 0 Å². The predicted octanol–water partition coefficient (Wildman–Crippen LogP) is 4.31. The van der Waals surface area contributed by atoms with Crippen LogP contribution >= 0.6 is 0 Å². The van der Waals surface area contributed by atoms with Crippen LogP contribution in [-0.4, -0.2) is 25.4 Å². The lowest BCUT2D eigenvalue weighted by Crippen LogP contribution is -2.20. The first-order chi connectivity index (χ1) is 15.1. The van der Waals surface area contributed by atoms with E-state index in [1.54, 1.807) is 11.1 Å². The lowest BCUT2D eigenvalue weighted by Gasteiger charge is -2.23. The van der Waals surface area contributed by atoms with Crippen LogP contribution < -0.4 is 4.90 Å². The second-order valence-corrected chi connectivity index (χ2v) is 7.53. The Morgan fingerprint density at radius 2 is 1.87 bits per heavy atom. The summed E-state index contributed by atoms with van der Waals surface area (Å²) < 4.78 is 11.5. The summed E-state index contributed by atoms with van der Waals surface area (Å²) in [4.78, 5) is 3.56. The maximum atomic E-state index is 5.93. The van der Waals surface area contributed by atoms with Gasteiger partial charge in [0.25, 0.3) is 0 Å². The van der Waals surface area contributed by atoms with E-state index >= 15 is 0 Å². The highest BCUT2D eigenvalue weighted by Crippen LogP contribution is 2.37. The summed E-state index contributed by atoms with van der Waals surface area (Å²) in [7, 11) is 0. The molecule has 3 heterocycles. The molecule has 0 fully saturated rings. The first-order valence-corrected chi connectivity index (χ1v) is 10.1. The third-order valence-electron chi connectivity index (χ3n) is 5.41. The van der Waals surface area contributed by atoms with Crippen molar-refractivity contribution in [2.45, 2.75) is 33.5 Å². The number of hydrogen-bond donors (Lipinski definition) is 0. The molecule has 4 aromatic rings. The Morgan fingerprint density at radius 1 is 1.03 bits per heavy atom. The molecule has 2 aromatic carbocycles. The summed E-state index contributed by atoms with van der Waals surface area (Å²) in [6.45, 7) is 6.25. The second-order valence-electron chi connectivity index (χ2n) is 7.53. The third-order valence-corrected chi connectivity index (χ3v) is 5.41. The van der Waals surface area contributed by atoms with Crippen molar-refractivity contribution in [3.63, 3.8) is 0 Å². The maximum absolute atomic E-state index is 5.93. The lowest BCUT2D eigenvalue weighted by molar-refractivity contribution is 0.169. The highest BCUT2D eigenvalue weighted by Gasteiger charge is 2.29. The van der Waals surface area contributed by atoms with Gasteiger partial charge in [-0.3, -0.25) is 4.90 Å². The zero-order valence-electron chi connectivity index (χ0n) is 17.6. The number of benzene rings is 2. The van der Waals surface area contributed by atoms with Crippen LogP contribution in [0.15, 0.2) is 65.5 Å². The Hall–Kier alpha value is -3.94. The quantitative estimate of drug-likeness (QED) is 0.481. The van der Waals surface area contributed by atoms with Crippen LogP contribution in [-0.2, 0) is 11.3 Å². The van der Waals surface area contributed by atoms with Crippen molar-refractivity contribution in [2.75, 3.05) is 4.90 Å². The van der Waals surface area contributed by atoms with Crippen LogP contribution in [0.4, 0.5) is 5.88 Å². The number of aryl methyl sites for hydroxylation is 2. The van der Waals surface area contributed by atoms with Crippen molar-refractivity contribution in [3.05, 3.63) is 89.2 Å². The number of aromatic nitrogens is 5. The van der Waals surface area contributed by atoms with Crippen molar-refractivity contribution < 1.29 is 9.26 Å². The number of anilines is 1. The number of hydrogen-bond acceptors (Lipinski definition) is 7. The normalized spacial score (nSPS) is 15.5. The number of ether oxygens (including phenoxy) is 1. The predicted molar refractivity (Wildman–Crippen MR) is 115 cm³/mol. The van der Waals surface area contributed by atoms with Crippen molar-refractivity contribution in [1.82, 2.24) is 25.4 Å². The first-order valence-electron chi connectivity index (χ1n) is 10.1.